The summed E-state index contributed by atoms with van der Waals surface area (Å²) >= 11 is 0. The Balaban J connectivity index is 1.85. The Morgan fingerprint density at radius 1 is 1.06 bits per heavy atom. The van der Waals surface area contributed by atoms with Crippen molar-refractivity contribution in [1.29, 1.82) is 0 Å². The maximum Gasteiger partial charge on any atom is 0.134 e. The van der Waals surface area contributed by atoms with E-state index in [9.17, 15) is 0 Å². The van der Waals surface area contributed by atoms with Gasteiger partial charge in [0, 0.05) is 6.07 Å². The van der Waals surface area contributed by atoms with Crippen LogP contribution >= 0.6 is 0 Å². The van der Waals surface area contributed by atoms with Gasteiger partial charge in [-0.05, 0) is 30.7 Å². The van der Waals surface area contributed by atoms with Crippen LogP contribution in [-0.2, 0) is 6.61 Å². The Hall–Kier alpha value is -1.97. The minimum atomic E-state index is 0.408. The van der Waals surface area contributed by atoms with Gasteiger partial charge in [-0.3, -0.25) is 0 Å². The zero-order chi connectivity index (χ0) is 11.9. The molecule has 17 heavy (non-hydrogen) atoms. The third-order valence-electron chi connectivity index (χ3n) is 2.17. The third kappa shape index (κ3) is 3.52. The van der Waals surface area contributed by atoms with E-state index in [1.165, 1.54) is 6.26 Å². The van der Waals surface area contributed by atoms with Crippen molar-refractivity contribution in [3.05, 3.63) is 42.3 Å². The van der Waals surface area contributed by atoms with Crippen LogP contribution < -0.4 is 9.47 Å². The molecular formula is C13H15NO3. The van der Waals surface area contributed by atoms with E-state index in [0.717, 1.165) is 30.2 Å². The average Bonchev–Trinajstić information content (AvgIpc) is 2.88. The Morgan fingerprint density at radius 3 is 2.35 bits per heavy atom. The highest BCUT2D eigenvalue weighted by atomic mass is 16.5. The van der Waals surface area contributed by atoms with E-state index >= 15 is 0 Å². The first-order chi connectivity index (χ1) is 8.38. The van der Waals surface area contributed by atoms with E-state index in [2.05, 4.69) is 12.1 Å². The van der Waals surface area contributed by atoms with Crippen molar-refractivity contribution in [3.8, 4) is 11.5 Å². The van der Waals surface area contributed by atoms with E-state index in [1.807, 2.05) is 24.3 Å². The molecule has 0 aliphatic heterocycles. The van der Waals surface area contributed by atoms with Crippen LogP contribution in [0.25, 0.3) is 0 Å². The summed E-state index contributed by atoms with van der Waals surface area (Å²) in [7, 11) is 0. The number of aromatic nitrogens is 1. The standard InChI is InChI=1S/C13H15NO3/c1-2-8-15-12-3-5-13(6-4-12)16-10-11-7-9-17-14-11/h3-7,9H,2,8,10H2,1H3. The predicted molar refractivity (Wildman–Crippen MR) is 63.1 cm³/mol. The maximum absolute atomic E-state index is 5.53. The van der Waals surface area contributed by atoms with Crippen LogP contribution in [0.4, 0.5) is 0 Å². The summed E-state index contributed by atoms with van der Waals surface area (Å²) in [6.45, 7) is 3.22. The number of hydrogen-bond acceptors (Lipinski definition) is 4. The van der Waals surface area contributed by atoms with Crippen molar-refractivity contribution in [2.45, 2.75) is 20.0 Å². The van der Waals surface area contributed by atoms with Gasteiger partial charge in [0.15, 0.2) is 0 Å². The van der Waals surface area contributed by atoms with Crippen LogP contribution in [0.15, 0.2) is 41.1 Å². The Bertz CT molecular complexity index is 422. The van der Waals surface area contributed by atoms with Crippen molar-refractivity contribution in [1.82, 2.24) is 5.16 Å². The molecule has 0 atom stereocenters. The molecule has 0 aliphatic carbocycles. The van der Waals surface area contributed by atoms with E-state index in [4.69, 9.17) is 14.0 Å². The van der Waals surface area contributed by atoms with Crippen LogP contribution in [0.2, 0.25) is 0 Å². The lowest BCUT2D eigenvalue weighted by molar-refractivity contribution is 0.287. The summed E-state index contributed by atoms with van der Waals surface area (Å²) < 4.78 is 15.7. The first kappa shape index (κ1) is 11.5. The summed E-state index contributed by atoms with van der Waals surface area (Å²) in [6, 6.07) is 9.33. The van der Waals surface area contributed by atoms with Crippen LogP contribution in [0, 0.1) is 0 Å². The molecule has 2 rings (SSSR count). The van der Waals surface area contributed by atoms with Crippen molar-refractivity contribution < 1.29 is 14.0 Å². The van der Waals surface area contributed by atoms with Crippen LogP contribution in [0.3, 0.4) is 0 Å². The van der Waals surface area contributed by atoms with Gasteiger partial charge in [0.25, 0.3) is 0 Å². The summed E-state index contributed by atoms with van der Waals surface area (Å²) in [5.74, 6) is 1.65. The highest BCUT2D eigenvalue weighted by molar-refractivity contribution is 5.31. The Kier molecular flexibility index (Phi) is 4.02. The Labute approximate surface area is 100 Å². The number of rotatable bonds is 6. The number of nitrogens with zero attached hydrogens (tertiary/aromatic N) is 1. The fourth-order valence-corrected chi connectivity index (χ4v) is 1.32. The van der Waals surface area contributed by atoms with Gasteiger partial charge < -0.3 is 14.0 Å². The SMILES string of the molecule is CCCOc1ccc(OCc2ccon2)cc1. The van der Waals surface area contributed by atoms with Gasteiger partial charge in [-0.25, -0.2) is 0 Å². The summed E-state index contributed by atoms with van der Waals surface area (Å²) in [5.41, 5.74) is 0.774. The number of hydrogen-bond donors (Lipinski definition) is 0. The molecule has 0 spiro atoms. The molecule has 0 fully saturated rings. The lowest BCUT2D eigenvalue weighted by Gasteiger charge is -2.06. The largest absolute Gasteiger partial charge is 0.494 e. The van der Waals surface area contributed by atoms with E-state index in [-0.39, 0.29) is 0 Å². The fourth-order valence-electron chi connectivity index (χ4n) is 1.32. The first-order valence-electron chi connectivity index (χ1n) is 5.63. The summed E-state index contributed by atoms with van der Waals surface area (Å²) in [6.07, 6.45) is 2.53. The molecular weight excluding hydrogens is 218 g/mol. The molecule has 1 aromatic carbocycles. The number of ether oxygens (including phenoxy) is 2. The van der Waals surface area contributed by atoms with Crippen molar-refractivity contribution >= 4 is 0 Å². The molecule has 0 aliphatic rings. The van der Waals surface area contributed by atoms with E-state index in [1.54, 1.807) is 6.07 Å². The van der Waals surface area contributed by atoms with E-state index in [0.29, 0.717) is 6.61 Å². The van der Waals surface area contributed by atoms with Crippen LogP contribution in [0.1, 0.15) is 19.0 Å². The molecule has 0 radical (unpaired) electrons. The van der Waals surface area contributed by atoms with Gasteiger partial charge in [0.1, 0.15) is 30.1 Å². The smallest absolute Gasteiger partial charge is 0.134 e. The second-order valence-corrected chi connectivity index (χ2v) is 3.60. The second-order valence-electron chi connectivity index (χ2n) is 3.60. The van der Waals surface area contributed by atoms with Crippen LogP contribution in [0.5, 0.6) is 11.5 Å². The highest BCUT2D eigenvalue weighted by Crippen LogP contribution is 2.18. The number of benzene rings is 1. The van der Waals surface area contributed by atoms with E-state index < -0.39 is 0 Å². The van der Waals surface area contributed by atoms with Crippen LogP contribution in [-0.4, -0.2) is 11.8 Å². The minimum Gasteiger partial charge on any atom is -0.494 e. The molecule has 0 N–H and O–H groups in total. The average molecular weight is 233 g/mol. The van der Waals surface area contributed by atoms with Crippen molar-refractivity contribution in [3.63, 3.8) is 0 Å². The first-order valence-corrected chi connectivity index (χ1v) is 5.63. The van der Waals surface area contributed by atoms with Gasteiger partial charge in [-0.1, -0.05) is 12.1 Å². The monoisotopic (exact) mass is 233 g/mol. The second kappa shape index (κ2) is 5.94. The molecule has 4 nitrogen and oxygen atoms in total. The summed E-state index contributed by atoms with van der Waals surface area (Å²) in [4.78, 5) is 0. The van der Waals surface area contributed by atoms with Gasteiger partial charge in [0.05, 0.1) is 6.61 Å². The molecule has 0 saturated carbocycles. The lowest BCUT2D eigenvalue weighted by atomic mass is 10.3. The molecule has 4 heteroatoms. The normalized spacial score (nSPS) is 10.2. The molecule has 90 valence electrons. The van der Waals surface area contributed by atoms with Gasteiger partial charge in [-0.15, -0.1) is 0 Å². The fraction of sp³-hybridized carbons (Fsp3) is 0.308. The topological polar surface area (TPSA) is 44.5 Å². The lowest BCUT2D eigenvalue weighted by Crippen LogP contribution is -1.97. The van der Waals surface area contributed by atoms with Gasteiger partial charge in [-0.2, -0.15) is 0 Å². The summed E-state index contributed by atoms with van der Waals surface area (Å²) in [5, 5.41) is 3.76. The molecule has 2 aromatic rings. The maximum atomic E-state index is 5.53. The molecule has 0 unspecified atom stereocenters. The molecule has 0 bridgehead atoms. The zero-order valence-corrected chi connectivity index (χ0v) is 9.76. The highest BCUT2D eigenvalue weighted by Gasteiger charge is 1.99. The molecule has 0 saturated heterocycles. The molecule has 1 aromatic heterocycles. The minimum absolute atomic E-state index is 0.408. The Morgan fingerprint density at radius 2 is 1.76 bits per heavy atom. The predicted octanol–water partition coefficient (Wildman–Crippen LogP) is 3.04. The van der Waals surface area contributed by atoms with Crippen molar-refractivity contribution in [2.24, 2.45) is 0 Å². The van der Waals surface area contributed by atoms with Gasteiger partial charge >= 0.3 is 0 Å². The van der Waals surface area contributed by atoms with Crippen molar-refractivity contribution in [2.75, 3.05) is 6.61 Å². The molecule has 0 amide bonds. The van der Waals surface area contributed by atoms with Gasteiger partial charge in [0.2, 0.25) is 0 Å². The zero-order valence-electron chi connectivity index (χ0n) is 9.76. The molecule has 1 heterocycles. The quantitative estimate of drug-likeness (QED) is 0.769. The third-order valence-corrected chi connectivity index (χ3v) is 2.17.